The summed E-state index contributed by atoms with van der Waals surface area (Å²) in [6.45, 7) is 0. The third-order valence-electron chi connectivity index (χ3n) is 4.05. The number of aromatic nitrogens is 1. The molecule has 0 spiro atoms. The zero-order valence-corrected chi connectivity index (χ0v) is 17.5. The Kier molecular flexibility index (Phi) is 6.81. The maximum atomic E-state index is 12.9. The number of carbonyl (C=O) groups excluding carboxylic acids is 2. The van der Waals surface area contributed by atoms with Gasteiger partial charge in [0.1, 0.15) is 10.7 Å². The molecule has 0 aliphatic heterocycles. The Balaban J connectivity index is 1.90. The van der Waals surface area contributed by atoms with Crippen molar-refractivity contribution in [1.29, 1.82) is 0 Å². The average molecular weight is 457 g/mol. The summed E-state index contributed by atoms with van der Waals surface area (Å²) in [5.41, 5.74) is 0.922. The Labute approximate surface area is 183 Å². The summed E-state index contributed by atoms with van der Waals surface area (Å²) in [6, 6.07) is 17.1. The lowest BCUT2D eigenvalue weighted by Crippen LogP contribution is -2.25. The fourth-order valence-electron chi connectivity index (χ4n) is 2.54. The van der Waals surface area contributed by atoms with Gasteiger partial charge < -0.3 is 10.6 Å². The minimum absolute atomic E-state index is 0.106. The summed E-state index contributed by atoms with van der Waals surface area (Å²) in [6.07, 6.45) is 2.80. The van der Waals surface area contributed by atoms with Gasteiger partial charge in [0.25, 0.3) is 11.8 Å². The van der Waals surface area contributed by atoms with E-state index in [9.17, 15) is 18.0 Å². The van der Waals surface area contributed by atoms with Gasteiger partial charge in [-0.15, -0.1) is 0 Å². The molecule has 0 radical (unpaired) electrons. The number of para-hydroxylation sites is 1. The highest BCUT2D eigenvalue weighted by atomic mass is 35.5. The quantitative estimate of drug-likeness (QED) is 0.227. The maximum Gasteiger partial charge on any atom is 0.261 e. The lowest BCUT2D eigenvalue weighted by molar-refractivity contribution is -0.118. The molecule has 0 saturated carbocycles. The molecule has 4 N–H and O–H groups in total. The van der Waals surface area contributed by atoms with E-state index in [0.29, 0.717) is 11.3 Å². The second kappa shape index (κ2) is 9.52. The fraction of sp³-hybridized carbons (Fsp3) is 0. The molecule has 0 atom stereocenters. The lowest BCUT2D eigenvalue weighted by atomic mass is 10.1. The van der Waals surface area contributed by atoms with Gasteiger partial charge in [-0.2, -0.15) is 0 Å². The standard InChI is InChI=1S/C21H17ClN4O4S/c22-19-14(5-4-12-24-19)13-18(20(27)25-15-6-2-1-3-7-15)21(28)26-16-8-10-17(11-9-16)31(23,29)30/h1-13H,(H,25,27)(H,26,28)(H2,23,29,30). The van der Waals surface area contributed by atoms with Crippen molar-refractivity contribution >= 4 is 50.9 Å². The number of rotatable bonds is 6. The van der Waals surface area contributed by atoms with Crippen LogP contribution in [0.3, 0.4) is 0 Å². The number of primary sulfonamides is 1. The first kappa shape index (κ1) is 22.2. The zero-order chi connectivity index (χ0) is 22.4. The molecular formula is C21H17ClN4O4S. The van der Waals surface area contributed by atoms with E-state index >= 15 is 0 Å². The summed E-state index contributed by atoms with van der Waals surface area (Å²) >= 11 is 6.07. The molecule has 0 fully saturated rings. The first-order valence-electron chi connectivity index (χ1n) is 8.87. The number of anilines is 2. The Hall–Kier alpha value is -3.53. The molecule has 0 saturated heterocycles. The van der Waals surface area contributed by atoms with E-state index in [4.69, 9.17) is 16.7 Å². The molecule has 31 heavy (non-hydrogen) atoms. The van der Waals surface area contributed by atoms with Crippen LogP contribution in [0.5, 0.6) is 0 Å². The predicted octanol–water partition coefficient (Wildman–Crippen LogP) is 3.04. The van der Waals surface area contributed by atoms with Crippen LogP contribution in [-0.2, 0) is 19.6 Å². The van der Waals surface area contributed by atoms with Crippen molar-refractivity contribution < 1.29 is 18.0 Å². The molecule has 0 aliphatic rings. The van der Waals surface area contributed by atoms with Gasteiger partial charge in [-0.3, -0.25) is 9.59 Å². The summed E-state index contributed by atoms with van der Waals surface area (Å²) < 4.78 is 22.8. The Bertz CT molecular complexity index is 1240. The van der Waals surface area contributed by atoms with Crippen LogP contribution >= 0.6 is 11.6 Å². The molecule has 0 unspecified atom stereocenters. The van der Waals surface area contributed by atoms with E-state index in [1.54, 1.807) is 42.5 Å². The largest absolute Gasteiger partial charge is 0.322 e. The highest BCUT2D eigenvalue weighted by Crippen LogP contribution is 2.19. The number of nitrogens with two attached hydrogens (primary N) is 1. The summed E-state index contributed by atoms with van der Waals surface area (Å²) in [4.78, 5) is 29.6. The zero-order valence-electron chi connectivity index (χ0n) is 15.9. The average Bonchev–Trinajstić information content (AvgIpc) is 2.73. The number of benzene rings is 2. The van der Waals surface area contributed by atoms with E-state index < -0.39 is 21.8 Å². The third kappa shape index (κ3) is 5.98. The smallest absolute Gasteiger partial charge is 0.261 e. The number of pyridine rings is 1. The molecule has 158 valence electrons. The van der Waals surface area contributed by atoms with Crippen molar-refractivity contribution in [3.63, 3.8) is 0 Å². The minimum atomic E-state index is -3.87. The number of hydrogen-bond acceptors (Lipinski definition) is 5. The molecule has 2 aromatic carbocycles. The number of nitrogens with one attached hydrogen (secondary N) is 2. The number of hydrogen-bond donors (Lipinski definition) is 3. The van der Waals surface area contributed by atoms with E-state index in [1.165, 1.54) is 36.5 Å². The molecule has 1 aromatic heterocycles. The van der Waals surface area contributed by atoms with Gasteiger partial charge in [-0.05, 0) is 48.5 Å². The summed E-state index contributed by atoms with van der Waals surface area (Å²) in [5.74, 6) is -1.39. The molecular weight excluding hydrogens is 440 g/mol. The van der Waals surface area contributed by atoms with Crippen molar-refractivity contribution in [2.24, 2.45) is 5.14 Å². The SMILES string of the molecule is NS(=O)(=O)c1ccc(NC(=O)C(=Cc2cccnc2Cl)C(=O)Nc2ccccc2)cc1. The highest BCUT2D eigenvalue weighted by Gasteiger charge is 2.20. The summed E-state index contributed by atoms with van der Waals surface area (Å²) in [5, 5.41) is 10.4. The molecule has 0 bridgehead atoms. The monoisotopic (exact) mass is 456 g/mol. The Morgan fingerprint density at radius 1 is 0.871 bits per heavy atom. The molecule has 10 heteroatoms. The van der Waals surface area contributed by atoms with Crippen LogP contribution in [0.15, 0.2) is 83.4 Å². The van der Waals surface area contributed by atoms with Crippen molar-refractivity contribution in [3.05, 3.63) is 89.2 Å². The van der Waals surface area contributed by atoms with Gasteiger partial charge >= 0.3 is 0 Å². The van der Waals surface area contributed by atoms with Crippen LogP contribution in [0.1, 0.15) is 5.56 Å². The number of nitrogens with zero attached hydrogens (tertiary/aromatic N) is 1. The van der Waals surface area contributed by atoms with Gasteiger partial charge in [0.2, 0.25) is 10.0 Å². The van der Waals surface area contributed by atoms with Crippen LogP contribution in [0.25, 0.3) is 6.08 Å². The van der Waals surface area contributed by atoms with E-state index in [-0.39, 0.29) is 21.3 Å². The number of sulfonamides is 1. The molecule has 3 aromatic rings. The number of halogens is 1. The second-order valence-corrected chi connectivity index (χ2v) is 8.20. The second-order valence-electron chi connectivity index (χ2n) is 6.29. The third-order valence-corrected chi connectivity index (χ3v) is 5.29. The molecule has 3 rings (SSSR count). The highest BCUT2D eigenvalue weighted by molar-refractivity contribution is 7.89. The predicted molar refractivity (Wildman–Crippen MR) is 119 cm³/mol. The van der Waals surface area contributed by atoms with Crippen molar-refractivity contribution in [2.75, 3.05) is 10.6 Å². The van der Waals surface area contributed by atoms with Crippen LogP contribution < -0.4 is 15.8 Å². The van der Waals surface area contributed by atoms with Crippen LogP contribution in [0, 0.1) is 0 Å². The topological polar surface area (TPSA) is 131 Å². The van der Waals surface area contributed by atoms with E-state index in [0.717, 1.165) is 0 Å². The van der Waals surface area contributed by atoms with Gasteiger partial charge in [-0.25, -0.2) is 18.5 Å². The molecule has 0 aliphatic carbocycles. The minimum Gasteiger partial charge on any atom is -0.322 e. The van der Waals surface area contributed by atoms with Gasteiger partial charge in [0.15, 0.2) is 0 Å². The molecule has 8 nitrogen and oxygen atoms in total. The van der Waals surface area contributed by atoms with Crippen molar-refractivity contribution in [2.45, 2.75) is 4.90 Å². The lowest BCUT2D eigenvalue weighted by Gasteiger charge is -2.11. The van der Waals surface area contributed by atoms with E-state index in [2.05, 4.69) is 15.6 Å². The Morgan fingerprint density at radius 3 is 2.00 bits per heavy atom. The summed E-state index contributed by atoms with van der Waals surface area (Å²) in [7, 11) is -3.87. The first-order chi connectivity index (χ1) is 14.7. The van der Waals surface area contributed by atoms with Crippen LogP contribution in [0.4, 0.5) is 11.4 Å². The van der Waals surface area contributed by atoms with Gasteiger partial charge in [-0.1, -0.05) is 35.9 Å². The fourth-order valence-corrected chi connectivity index (χ4v) is 3.23. The van der Waals surface area contributed by atoms with Crippen molar-refractivity contribution in [1.82, 2.24) is 4.98 Å². The van der Waals surface area contributed by atoms with Gasteiger partial charge in [0.05, 0.1) is 4.90 Å². The molecule has 2 amide bonds. The first-order valence-corrected chi connectivity index (χ1v) is 10.8. The Morgan fingerprint density at radius 2 is 1.45 bits per heavy atom. The number of amides is 2. The maximum absolute atomic E-state index is 12.9. The van der Waals surface area contributed by atoms with Crippen molar-refractivity contribution in [3.8, 4) is 0 Å². The van der Waals surface area contributed by atoms with Crippen LogP contribution in [0.2, 0.25) is 5.15 Å². The van der Waals surface area contributed by atoms with E-state index in [1.807, 2.05) is 0 Å². The number of carbonyl (C=O) groups is 2. The van der Waals surface area contributed by atoms with Gasteiger partial charge in [0, 0.05) is 23.1 Å². The normalized spacial score (nSPS) is 11.6. The van der Waals surface area contributed by atoms with Crippen LogP contribution in [-0.4, -0.2) is 25.2 Å². The molecule has 1 heterocycles.